The maximum atomic E-state index is 14.0. The van der Waals surface area contributed by atoms with Gasteiger partial charge in [-0.25, -0.2) is 4.39 Å². The number of aryl methyl sites for hydroxylation is 1. The van der Waals surface area contributed by atoms with Crippen molar-refractivity contribution < 1.29 is 18.5 Å². The van der Waals surface area contributed by atoms with Crippen LogP contribution in [-0.2, 0) is 4.79 Å². The van der Waals surface area contributed by atoms with E-state index in [4.69, 9.17) is 4.52 Å². The predicted octanol–water partition coefficient (Wildman–Crippen LogP) is 2.54. The van der Waals surface area contributed by atoms with Gasteiger partial charge in [-0.2, -0.15) is 0 Å². The third-order valence-corrected chi connectivity index (χ3v) is 4.20. The zero-order valence-corrected chi connectivity index (χ0v) is 15.9. The summed E-state index contributed by atoms with van der Waals surface area (Å²) in [5.41, 5.74) is -0.0536. The van der Waals surface area contributed by atoms with Gasteiger partial charge in [0.25, 0.3) is 5.91 Å². The molecule has 0 bridgehead atoms. The first-order valence-corrected chi connectivity index (χ1v) is 8.93. The average molecular weight is 376 g/mol. The Morgan fingerprint density at radius 1 is 1.19 bits per heavy atom. The van der Waals surface area contributed by atoms with Crippen LogP contribution in [0.25, 0.3) is 0 Å². The number of aromatic nitrogens is 1. The Morgan fingerprint density at radius 2 is 1.89 bits per heavy atom. The number of halogens is 1. The molecule has 0 saturated heterocycles. The van der Waals surface area contributed by atoms with E-state index < -0.39 is 17.6 Å². The van der Waals surface area contributed by atoms with Crippen molar-refractivity contribution in [1.29, 1.82) is 0 Å². The summed E-state index contributed by atoms with van der Waals surface area (Å²) in [6.07, 6.45) is 0. The van der Waals surface area contributed by atoms with E-state index >= 15 is 0 Å². The Labute approximate surface area is 158 Å². The highest BCUT2D eigenvalue weighted by molar-refractivity contribution is 5.99. The summed E-state index contributed by atoms with van der Waals surface area (Å²) in [5.74, 6) is -0.715. The number of nitrogens with zero attached hydrogens (tertiary/aromatic N) is 3. The third kappa shape index (κ3) is 5.89. The van der Waals surface area contributed by atoms with Gasteiger partial charge in [-0.05, 0) is 32.1 Å². The largest absolute Gasteiger partial charge is 0.360 e. The number of benzene rings is 1. The van der Waals surface area contributed by atoms with Crippen LogP contribution in [0.3, 0.4) is 0 Å². The van der Waals surface area contributed by atoms with E-state index in [0.717, 1.165) is 13.1 Å². The lowest BCUT2D eigenvalue weighted by molar-refractivity contribution is -0.117. The minimum Gasteiger partial charge on any atom is -0.360 e. The van der Waals surface area contributed by atoms with E-state index in [-0.39, 0.29) is 17.9 Å². The van der Waals surface area contributed by atoms with Crippen LogP contribution in [0, 0.1) is 12.7 Å². The quantitative estimate of drug-likeness (QED) is 0.728. The molecule has 0 radical (unpaired) electrons. The molecule has 2 aromatic rings. The molecule has 1 aromatic heterocycles. The van der Waals surface area contributed by atoms with Gasteiger partial charge >= 0.3 is 0 Å². The molecule has 1 aromatic carbocycles. The average Bonchev–Trinajstić information content (AvgIpc) is 3.06. The molecule has 0 atom stereocenters. The fraction of sp³-hybridized carbons (Fsp3) is 0.421. The SMILES string of the molecule is CCN(CC)CCN(CC(=O)Nc1cc(C)on1)C(=O)c1ccccc1F. The third-order valence-electron chi connectivity index (χ3n) is 4.20. The first-order chi connectivity index (χ1) is 12.9. The van der Waals surface area contributed by atoms with Crippen LogP contribution >= 0.6 is 0 Å². The molecule has 2 rings (SSSR count). The van der Waals surface area contributed by atoms with E-state index in [0.29, 0.717) is 18.8 Å². The van der Waals surface area contributed by atoms with E-state index in [2.05, 4.69) is 15.4 Å². The maximum Gasteiger partial charge on any atom is 0.257 e. The number of likely N-dealkylation sites (N-methyl/N-ethyl adjacent to an activating group) is 1. The van der Waals surface area contributed by atoms with Gasteiger partial charge in [-0.3, -0.25) is 9.59 Å². The van der Waals surface area contributed by atoms with Gasteiger partial charge in [-0.15, -0.1) is 0 Å². The van der Waals surface area contributed by atoms with Crippen molar-refractivity contribution in [2.75, 3.05) is 38.0 Å². The van der Waals surface area contributed by atoms with Gasteiger partial charge in [0.1, 0.15) is 18.1 Å². The fourth-order valence-corrected chi connectivity index (χ4v) is 2.64. The second-order valence-electron chi connectivity index (χ2n) is 6.10. The Kier molecular flexibility index (Phi) is 7.48. The van der Waals surface area contributed by atoms with Crippen molar-refractivity contribution in [2.45, 2.75) is 20.8 Å². The number of hydrogen-bond donors (Lipinski definition) is 1. The van der Waals surface area contributed by atoms with Gasteiger partial charge < -0.3 is 19.6 Å². The molecule has 0 aliphatic rings. The predicted molar refractivity (Wildman–Crippen MR) is 100.0 cm³/mol. The molecule has 146 valence electrons. The van der Waals surface area contributed by atoms with Gasteiger partial charge in [0.05, 0.1) is 5.56 Å². The Hall–Kier alpha value is -2.74. The van der Waals surface area contributed by atoms with Crippen molar-refractivity contribution in [2.24, 2.45) is 0 Å². The molecular formula is C19H25FN4O3. The number of hydrogen-bond acceptors (Lipinski definition) is 5. The molecule has 7 nitrogen and oxygen atoms in total. The van der Waals surface area contributed by atoms with E-state index in [9.17, 15) is 14.0 Å². The standard InChI is InChI=1S/C19H25FN4O3/c1-4-23(5-2)10-11-24(19(26)15-8-6-7-9-16(15)20)13-18(25)21-17-12-14(3)27-22-17/h6-9,12H,4-5,10-11,13H2,1-3H3,(H,21,22,25). The maximum absolute atomic E-state index is 14.0. The zero-order valence-electron chi connectivity index (χ0n) is 15.9. The number of amides is 2. The Balaban J connectivity index is 2.11. The van der Waals surface area contributed by atoms with E-state index in [1.807, 2.05) is 13.8 Å². The van der Waals surface area contributed by atoms with E-state index in [1.54, 1.807) is 19.1 Å². The van der Waals surface area contributed by atoms with Crippen LogP contribution in [0.15, 0.2) is 34.9 Å². The summed E-state index contributed by atoms with van der Waals surface area (Å²) < 4.78 is 18.9. The van der Waals surface area contributed by atoms with Crippen molar-refractivity contribution >= 4 is 17.6 Å². The van der Waals surface area contributed by atoms with Gasteiger partial charge in [-0.1, -0.05) is 31.1 Å². The molecule has 0 fully saturated rings. The van der Waals surface area contributed by atoms with Gasteiger partial charge in [0.15, 0.2) is 5.82 Å². The number of carbonyl (C=O) groups is 2. The first kappa shape index (κ1) is 20.6. The zero-order chi connectivity index (χ0) is 19.8. The molecular weight excluding hydrogens is 351 g/mol. The van der Waals surface area contributed by atoms with Crippen LogP contribution < -0.4 is 5.32 Å². The number of carbonyl (C=O) groups excluding carboxylic acids is 2. The van der Waals surface area contributed by atoms with Crippen molar-refractivity contribution in [3.8, 4) is 0 Å². The molecule has 1 heterocycles. The normalized spacial score (nSPS) is 10.9. The molecule has 2 amide bonds. The van der Waals surface area contributed by atoms with Gasteiger partial charge in [0.2, 0.25) is 5.91 Å². The minimum absolute atomic E-state index is 0.0536. The number of rotatable bonds is 9. The summed E-state index contributed by atoms with van der Waals surface area (Å²) in [4.78, 5) is 28.6. The lowest BCUT2D eigenvalue weighted by atomic mass is 10.2. The summed E-state index contributed by atoms with van der Waals surface area (Å²) in [6.45, 7) is 8.08. The highest BCUT2D eigenvalue weighted by atomic mass is 19.1. The summed E-state index contributed by atoms with van der Waals surface area (Å²) in [5, 5.41) is 6.29. The lowest BCUT2D eigenvalue weighted by Gasteiger charge is -2.26. The number of anilines is 1. The van der Waals surface area contributed by atoms with Crippen LogP contribution in [0.1, 0.15) is 30.0 Å². The summed E-state index contributed by atoms with van der Waals surface area (Å²) >= 11 is 0. The molecule has 0 aliphatic carbocycles. The van der Waals surface area contributed by atoms with Crippen LogP contribution in [-0.4, -0.2) is 59.5 Å². The Morgan fingerprint density at radius 3 is 2.48 bits per heavy atom. The van der Waals surface area contributed by atoms with Crippen molar-refractivity contribution in [3.05, 3.63) is 47.5 Å². The van der Waals surface area contributed by atoms with Crippen LogP contribution in [0.2, 0.25) is 0 Å². The van der Waals surface area contributed by atoms with E-state index in [1.165, 1.54) is 23.1 Å². The van der Waals surface area contributed by atoms with Crippen molar-refractivity contribution in [1.82, 2.24) is 15.0 Å². The fourth-order valence-electron chi connectivity index (χ4n) is 2.64. The molecule has 27 heavy (non-hydrogen) atoms. The monoisotopic (exact) mass is 376 g/mol. The second-order valence-corrected chi connectivity index (χ2v) is 6.10. The summed E-state index contributed by atoms with van der Waals surface area (Å²) in [7, 11) is 0. The van der Waals surface area contributed by atoms with Crippen LogP contribution in [0.5, 0.6) is 0 Å². The highest BCUT2D eigenvalue weighted by Gasteiger charge is 2.22. The van der Waals surface area contributed by atoms with Gasteiger partial charge in [0, 0.05) is 19.2 Å². The van der Waals surface area contributed by atoms with Crippen LogP contribution in [0.4, 0.5) is 10.2 Å². The van der Waals surface area contributed by atoms with Crippen molar-refractivity contribution in [3.63, 3.8) is 0 Å². The highest BCUT2D eigenvalue weighted by Crippen LogP contribution is 2.11. The molecule has 0 saturated carbocycles. The lowest BCUT2D eigenvalue weighted by Crippen LogP contribution is -2.43. The topological polar surface area (TPSA) is 78.7 Å². The molecule has 0 unspecified atom stereocenters. The first-order valence-electron chi connectivity index (χ1n) is 8.93. The smallest absolute Gasteiger partial charge is 0.257 e. The minimum atomic E-state index is -0.608. The second kappa shape index (κ2) is 9.82. The molecule has 0 aliphatic heterocycles. The molecule has 0 spiro atoms. The summed E-state index contributed by atoms with van der Waals surface area (Å²) in [6, 6.07) is 7.34. The molecule has 1 N–H and O–H groups in total. The molecule has 8 heteroatoms. The number of nitrogens with one attached hydrogen (secondary N) is 1. The Bertz CT molecular complexity index is 774.